The van der Waals surface area contributed by atoms with Gasteiger partial charge in [-0.05, 0) is 13.0 Å². The Morgan fingerprint density at radius 1 is 1.50 bits per heavy atom. The maximum atomic E-state index is 11.5. The molecule has 0 unspecified atom stereocenters. The molecule has 0 radical (unpaired) electrons. The minimum atomic E-state index is -0.110. The summed E-state index contributed by atoms with van der Waals surface area (Å²) in [4.78, 5) is 15.7. The lowest BCUT2D eigenvalue weighted by molar-refractivity contribution is -0.118. The maximum absolute atomic E-state index is 11.5. The maximum Gasteiger partial charge on any atom is 0.249 e. The fourth-order valence-corrected chi connectivity index (χ4v) is 1.52. The summed E-state index contributed by atoms with van der Waals surface area (Å²) in [6.45, 7) is 5.53. The lowest BCUT2D eigenvalue weighted by atomic mass is 10.2. The molecule has 2 N–H and O–H groups in total. The van der Waals surface area contributed by atoms with Crippen molar-refractivity contribution in [3.63, 3.8) is 0 Å². The largest absolute Gasteiger partial charge is 0.293 e. The molecule has 0 bridgehead atoms. The number of aromatic amines is 1. The van der Waals surface area contributed by atoms with Crippen LogP contribution in [0.4, 0.5) is 5.95 Å². The molecule has 0 aliphatic rings. The summed E-state index contributed by atoms with van der Waals surface area (Å²) >= 11 is 0. The Labute approximate surface area is 105 Å². The van der Waals surface area contributed by atoms with Gasteiger partial charge in [0.15, 0.2) is 5.82 Å². The van der Waals surface area contributed by atoms with Crippen LogP contribution in [0.15, 0.2) is 6.07 Å². The zero-order chi connectivity index (χ0) is 13.3. The molecule has 7 nitrogen and oxygen atoms in total. The first-order valence-electron chi connectivity index (χ1n) is 5.71. The van der Waals surface area contributed by atoms with Crippen molar-refractivity contribution in [2.24, 2.45) is 13.0 Å². The minimum Gasteiger partial charge on any atom is -0.293 e. The summed E-state index contributed by atoms with van der Waals surface area (Å²) in [5.41, 5.74) is 1.72. The molecule has 96 valence electrons. The number of aryl methyl sites for hydroxylation is 2. The Bertz CT molecular complexity index is 568. The highest BCUT2D eigenvalue weighted by Crippen LogP contribution is 2.16. The first-order valence-corrected chi connectivity index (χ1v) is 5.71. The predicted octanol–water partition coefficient (Wildman–Crippen LogP) is 1.11. The van der Waals surface area contributed by atoms with Crippen molar-refractivity contribution in [2.75, 3.05) is 5.32 Å². The lowest BCUT2D eigenvalue weighted by Gasteiger charge is -2.02. The van der Waals surface area contributed by atoms with Gasteiger partial charge in [-0.1, -0.05) is 13.8 Å². The number of hydrogen-bond acceptors (Lipinski definition) is 4. The van der Waals surface area contributed by atoms with Crippen LogP contribution in [0.5, 0.6) is 0 Å². The van der Waals surface area contributed by atoms with Crippen molar-refractivity contribution >= 4 is 11.9 Å². The predicted molar refractivity (Wildman–Crippen MR) is 66.8 cm³/mol. The van der Waals surface area contributed by atoms with E-state index in [2.05, 4.69) is 25.6 Å². The number of carbonyl (C=O) groups excluding carboxylic acids is 1. The number of aromatic nitrogens is 5. The summed E-state index contributed by atoms with van der Waals surface area (Å²) < 4.78 is 1.71. The summed E-state index contributed by atoms with van der Waals surface area (Å²) in [6, 6.07) is 1.90. The van der Waals surface area contributed by atoms with E-state index in [1.165, 1.54) is 0 Å². The van der Waals surface area contributed by atoms with Gasteiger partial charge in [-0.25, -0.2) is 0 Å². The van der Waals surface area contributed by atoms with Crippen molar-refractivity contribution < 1.29 is 4.79 Å². The topological polar surface area (TPSA) is 88.5 Å². The summed E-state index contributed by atoms with van der Waals surface area (Å²) in [6.07, 6.45) is 0. The van der Waals surface area contributed by atoms with Gasteiger partial charge in [0.1, 0.15) is 5.69 Å². The first-order chi connectivity index (χ1) is 8.47. The second-order valence-corrected chi connectivity index (χ2v) is 4.45. The molecule has 0 aliphatic carbocycles. The quantitative estimate of drug-likeness (QED) is 0.851. The van der Waals surface area contributed by atoms with E-state index in [0.717, 1.165) is 11.4 Å². The van der Waals surface area contributed by atoms with E-state index >= 15 is 0 Å². The van der Waals surface area contributed by atoms with Gasteiger partial charge < -0.3 is 0 Å². The van der Waals surface area contributed by atoms with Crippen molar-refractivity contribution in [1.29, 1.82) is 0 Å². The second-order valence-electron chi connectivity index (χ2n) is 4.45. The molecule has 0 atom stereocenters. The molecule has 0 fully saturated rings. The third kappa shape index (κ3) is 2.39. The minimum absolute atomic E-state index is 0.106. The molecule has 2 heterocycles. The van der Waals surface area contributed by atoms with Crippen molar-refractivity contribution in [3.8, 4) is 11.5 Å². The van der Waals surface area contributed by atoms with Gasteiger partial charge in [0, 0.05) is 13.0 Å². The average molecular weight is 248 g/mol. The molecule has 0 aliphatic heterocycles. The van der Waals surface area contributed by atoms with E-state index in [0.29, 0.717) is 5.82 Å². The van der Waals surface area contributed by atoms with Crippen LogP contribution in [0.2, 0.25) is 0 Å². The zero-order valence-corrected chi connectivity index (χ0v) is 10.9. The number of nitrogens with one attached hydrogen (secondary N) is 2. The smallest absolute Gasteiger partial charge is 0.249 e. The van der Waals surface area contributed by atoms with Gasteiger partial charge in [-0.15, -0.1) is 5.10 Å². The van der Waals surface area contributed by atoms with Crippen molar-refractivity contribution in [2.45, 2.75) is 20.8 Å². The monoisotopic (exact) mass is 248 g/mol. The fraction of sp³-hybridized carbons (Fsp3) is 0.455. The Kier molecular flexibility index (Phi) is 3.14. The Balaban J connectivity index is 2.20. The SMILES string of the molecule is Cc1cc(-c2nc(NC(=O)C(C)C)n[nH]2)n(C)n1. The highest BCUT2D eigenvalue weighted by atomic mass is 16.2. The average Bonchev–Trinajstić information content (AvgIpc) is 2.85. The lowest BCUT2D eigenvalue weighted by Crippen LogP contribution is -2.18. The summed E-state index contributed by atoms with van der Waals surface area (Å²) in [5.74, 6) is 0.646. The van der Waals surface area contributed by atoms with E-state index in [9.17, 15) is 4.79 Å². The number of hydrogen-bond donors (Lipinski definition) is 2. The van der Waals surface area contributed by atoms with Gasteiger partial charge in [-0.2, -0.15) is 10.1 Å². The molecule has 2 aromatic rings. The van der Waals surface area contributed by atoms with Gasteiger partial charge in [0.25, 0.3) is 0 Å². The molecule has 0 aromatic carbocycles. The van der Waals surface area contributed by atoms with Crippen LogP contribution in [0.3, 0.4) is 0 Å². The summed E-state index contributed by atoms with van der Waals surface area (Å²) in [5, 5.41) is 13.6. The molecule has 0 spiro atoms. The third-order valence-electron chi connectivity index (χ3n) is 2.49. The van der Waals surface area contributed by atoms with Crippen LogP contribution >= 0.6 is 0 Å². The number of carbonyl (C=O) groups is 1. The van der Waals surface area contributed by atoms with Gasteiger partial charge in [0.2, 0.25) is 11.9 Å². The molecule has 2 aromatic heterocycles. The van der Waals surface area contributed by atoms with Crippen LogP contribution < -0.4 is 5.32 Å². The number of H-pyrrole nitrogens is 1. The van der Waals surface area contributed by atoms with Crippen LogP contribution in [0, 0.1) is 12.8 Å². The highest BCUT2D eigenvalue weighted by Gasteiger charge is 2.13. The zero-order valence-electron chi connectivity index (χ0n) is 10.9. The van der Waals surface area contributed by atoms with Gasteiger partial charge in [-0.3, -0.25) is 19.9 Å². The number of anilines is 1. The standard InChI is InChI=1S/C11H16N6O/c1-6(2)10(18)13-11-12-9(14-15-11)8-5-7(3)16-17(8)4/h5-6H,1-4H3,(H2,12,13,14,15,18). The van der Waals surface area contributed by atoms with E-state index < -0.39 is 0 Å². The molecule has 0 saturated carbocycles. The number of amides is 1. The van der Waals surface area contributed by atoms with Crippen molar-refractivity contribution in [1.82, 2.24) is 25.0 Å². The molecule has 0 saturated heterocycles. The number of rotatable bonds is 3. The third-order valence-corrected chi connectivity index (χ3v) is 2.49. The van der Waals surface area contributed by atoms with E-state index in [1.54, 1.807) is 4.68 Å². The van der Waals surface area contributed by atoms with Crippen LogP contribution in [0.1, 0.15) is 19.5 Å². The van der Waals surface area contributed by atoms with Gasteiger partial charge >= 0.3 is 0 Å². The Hall–Kier alpha value is -2.18. The fourth-order valence-electron chi connectivity index (χ4n) is 1.52. The Morgan fingerprint density at radius 2 is 2.22 bits per heavy atom. The van der Waals surface area contributed by atoms with Crippen LogP contribution in [-0.4, -0.2) is 30.9 Å². The normalized spacial score (nSPS) is 10.9. The molecule has 2 rings (SSSR count). The molecular formula is C11H16N6O. The molecule has 1 amide bonds. The Morgan fingerprint density at radius 3 is 2.78 bits per heavy atom. The second kappa shape index (κ2) is 4.59. The van der Waals surface area contributed by atoms with E-state index in [4.69, 9.17) is 0 Å². The highest BCUT2D eigenvalue weighted by molar-refractivity contribution is 5.90. The first kappa shape index (κ1) is 12.3. The molecular weight excluding hydrogens is 232 g/mol. The summed E-state index contributed by atoms with van der Waals surface area (Å²) in [7, 11) is 1.83. The number of nitrogens with zero attached hydrogens (tertiary/aromatic N) is 4. The van der Waals surface area contributed by atoms with Crippen molar-refractivity contribution in [3.05, 3.63) is 11.8 Å². The molecule has 18 heavy (non-hydrogen) atoms. The van der Waals surface area contributed by atoms with Gasteiger partial charge in [0.05, 0.1) is 5.69 Å². The van der Waals surface area contributed by atoms with E-state index in [1.807, 2.05) is 33.9 Å². The van der Waals surface area contributed by atoms with Crippen LogP contribution in [-0.2, 0) is 11.8 Å². The molecule has 7 heteroatoms. The van der Waals surface area contributed by atoms with E-state index in [-0.39, 0.29) is 17.8 Å². The van der Waals surface area contributed by atoms with Crippen LogP contribution in [0.25, 0.3) is 11.5 Å².